The maximum atomic E-state index is 11.6. The van der Waals surface area contributed by atoms with Gasteiger partial charge < -0.3 is 10.1 Å². The Morgan fingerprint density at radius 1 is 1.10 bits per heavy atom. The molecule has 118 valence electrons. The lowest BCUT2D eigenvalue weighted by atomic mass is 10.1. The SMILES string of the molecule is CCCCCCCCC(=O)NCCOc1ccc(Cl)cc1. The first-order chi connectivity index (χ1) is 10.2. The van der Waals surface area contributed by atoms with Crippen molar-refractivity contribution in [1.82, 2.24) is 5.32 Å². The third-order valence-corrected chi connectivity index (χ3v) is 3.52. The third-order valence-electron chi connectivity index (χ3n) is 3.26. The molecule has 0 spiro atoms. The second kappa shape index (κ2) is 11.4. The van der Waals surface area contributed by atoms with Gasteiger partial charge in [-0.3, -0.25) is 4.79 Å². The standard InChI is InChI=1S/C17H26ClNO2/c1-2-3-4-5-6-7-8-17(20)19-13-14-21-16-11-9-15(18)10-12-16/h9-12H,2-8,13-14H2,1H3,(H,19,20). The molecule has 0 radical (unpaired) electrons. The Kier molecular flexibility index (Phi) is 9.71. The Labute approximate surface area is 133 Å². The summed E-state index contributed by atoms with van der Waals surface area (Å²) in [6.45, 7) is 3.22. The largest absolute Gasteiger partial charge is 0.492 e. The van der Waals surface area contributed by atoms with E-state index in [-0.39, 0.29) is 5.91 Å². The Morgan fingerprint density at radius 2 is 1.76 bits per heavy atom. The summed E-state index contributed by atoms with van der Waals surface area (Å²) >= 11 is 5.79. The second-order valence-electron chi connectivity index (χ2n) is 5.17. The number of nitrogens with one attached hydrogen (secondary N) is 1. The van der Waals surface area contributed by atoms with Crippen molar-refractivity contribution in [2.45, 2.75) is 51.9 Å². The highest BCUT2D eigenvalue weighted by atomic mass is 35.5. The quantitative estimate of drug-likeness (QED) is 0.607. The van der Waals surface area contributed by atoms with Gasteiger partial charge in [-0.1, -0.05) is 50.6 Å². The van der Waals surface area contributed by atoms with Gasteiger partial charge in [0.05, 0.1) is 6.54 Å². The minimum absolute atomic E-state index is 0.116. The minimum atomic E-state index is 0.116. The summed E-state index contributed by atoms with van der Waals surface area (Å²) in [5, 5.41) is 3.57. The van der Waals surface area contributed by atoms with Gasteiger partial charge in [0.1, 0.15) is 12.4 Å². The van der Waals surface area contributed by atoms with Crippen molar-refractivity contribution < 1.29 is 9.53 Å². The summed E-state index contributed by atoms with van der Waals surface area (Å²) in [7, 11) is 0. The first-order valence-corrected chi connectivity index (χ1v) is 8.25. The lowest BCUT2D eigenvalue weighted by Gasteiger charge is -2.08. The zero-order chi connectivity index (χ0) is 15.3. The Bertz CT molecular complexity index is 392. The van der Waals surface area contributed by atoms with Crippen molar-refractivity contribution >= 4 is 17.5 Å². The number of halogens is 1. The molecule has 0 atom stereocenters. The van der Waals surface area contributed by atoms with Gasteiger partial charge in [-0.25, -0.2) is 0 Å². The summed E-state index contributed by atoms with van der Waals surface area (Å²) in [6.07, 6.45) is 7.82. The molecule has 0 aromatic heterocycles. The number of unbranched alkanes of at least 4 members (excludes halogenated alkanes) is 5. The van der Waals surface area contributed by atoms with E-state index in [1.165, 1.54) is 25.7 Å². The van der Waals surface area contributed by atoms with Gasteiger partial charge in [0.2, 0.25) is 5.91 Å². The van der Waals surface area contributed by atoms with Gasteiger partial charge in [0.15, 0.2) is 0 Å². The number of hydrogen-bond acceptors (Lipinski definition) is 2. The molecule has 0 aliphatic carbocycles. The highest BCUT2D eigenvalue weighted by Crippen LogP contribution is 2.15. The van der Waals surface area contributed by atoms with Crippen LogP contribution in [0.2, 0.25) is 5.02 Å². The van der Waals surface area contributed by atoms with Crippen molar-refractivity contribution in [2.24, 2.45) is 0 Å². The maximum absolute atomic E-state index is 11.6. The predicted molar refractivity (Wildman–Crippen MR) is 87.9 cm³/mol. The van der Waals surface area contributed by atoms with E-state index in [1.807, 2.05) is 12.1 Å². The molecule has 0 saturated carbocycles. The molecule has 1 amide bonds. The van der Waals surface area contributed by atoms with Crippen LogP contribution in [0, 0.1) is 0 Å². The van der Waals surface area contributed by atoms with E-state index in [0.717, 1.165) is 18.6 Å². The molecule has 0 bridgehead atoms. The lowest BCUT2D eigenvalue weighted by molar-refractivity contribution is -0.121. The highest BCUT2D eigenvalue weighted by molar-refractivity contribution is 6.30. The molecule has 4 heteroatoms. The van der Waals surface area contributed by atoms with E-state index < -0.39 is 0 Å². The molecule has 3 nitrogen and oxygen atoms in total. The van der Waals surface area contributed by atoms with Crippen LogP contribution in [0.15, 0.2) is 24.3 Å². The second-order valence-corrected chi connectivity index (χ2v) is 5.61. The van der Waals surface area contributed by atoms with Crippen molar-refractivity contribution in [3.05, 3.63) is 29.3 Å². The molecule has 1 aromatic rings. The number of benzene rings is 1. The molecular weight excluding hydrogens is 286 g/mol. The monoisotopic (exact) mass is 311 g/mol. The molecule has 0 aliphatic rings. The smallest absolute Gasteiger partial charge is 0.220 e. The van der Waals surface area contributed by atoms with E-state index in [2.05, 4.69) is 12.2 Å². The molecule has 0 unspecified atom stereocenters. The summed E-state index contributed by atoms with van der Waals surface area (Å²) < 4.78 is 5.51. The Morgan fingerprint density at radius 3 is 2.48 bits per heavy atom. The van der Waals surface area contributed by atoms with Crippen LogP contribution in [0.25, 0.3) is 0 Å². The van der Waals surface area contributed by atoms with Gasteiger partial charge in [-0.15, -0.1) is 0 Å². The predicted octanol–water partition coefficient (Wildman–Crippen LogP) is 4.59. The van der Waals surface area contributed by atoms with E-state index in [1.54, 1.807) is 12.1 Å². The number of ether oxygens (including phenoxy) is 1. The zero-order valence-corrected chi connectivity index (χ0v) is 13.6. The van der Waals surface area contributed by atoms with Crippen LogP contribution >= 0.6 is 11.6 Å². The van der Waals surface area contributed by atoms with Crippen molar-refractivity contribution in [3.8, 4) is 5.75 Å². The van der Waals surface area contributed by atoms with Gasteiger partial charge in [0.25, 0.3) is 0 Å². The summed E-state index contributed by atoms with van der Waals surface area (Å²) in [5.41, 5.74) is 0. The van der Waals surface area contributed by atoms with Crippen LogP contribution in [-0.2, 0) is 4.79 Å². The van der Waals surface area contributed by atoms with E-state index in [0.29, 0.717) is 24.6 Å². The van der Waals surface area contributed by atoms with Crippen LogP contribution in [0.5, 0.6) is 5.75 Å². The fourth-order valence-electron chi connectivity index (χ4n) is 2.04. The number of amides is 1. The van der Waals surface area contributed by atoms with Crippen molar-refractivity contribution in [1.29, 1.82) is 0 Å². The molecule has 21 heavy (non-hydrogen) atoms. The average molecular weight is 312 g/mol. The number of carbonyl (C=O) groups excluding carboxylic acids is 1. The average Bonchev–Trinajstić information content (AvgIpc) is 2.49. The number of rotatable bonds is 11. The van der Waals surface area contributed by atoms with Gasteiger partial charge in [-0.2, -0.15) is 0 Å². The summed E-state index contributed by atoms with van der Waals surface area (Å²) in [4.78, 5) is 11.6. The molecule has 1 aromatic carbocycles. The highest BCUT2D eigenvalue weighted by Gasteiger charge is 2.01. The first-order valence-electron chi connectivity index (χ1n) is 7.87. The Hall–Kier alpha value is -1.22. The molecular formula is C17H26ClNO2. The van der Waals surface area contributed by atoms with Crippen LogP contribution in [0.4, 0.5) is 0 Å². The molecule has 1 N–H and O–H groups in total. The first kappa shape index (κ1) is 17.8. The summed E-state index contributed by atoms with van der Waals surface area (Å²) in [5.74, 6) is 0.884. The van der Waals surface area contributed by atoms with E-state index in [4.69, 9.17) is 16.3 Å². The van der Waals surface area contributed by atoms with E-state index >= 15 is 0 Å². The van der Waals surface area contributed by atoms with Crippen molar-refractivity contribution in [3.63, 3.8) is 0 Å². The van der Waals surface area contributed by atoms with Gasteiger partial charge >= 0.3 is 0 Å². The molecule has 0 aliphatic heterocycles. The maximum Gasteiger partial charge on any atom is 0.220 e. The van der Waals surface area contributed by atoms with Crippen LogP contribution in [-0.4, -0.2) is 19.1 Å². The fraction of sp³-hybridized carbons (Fsp3) is 0.588. The van der Waals surface area contributed by atoms with Crippen molar-refractivity contribution in [2.75, 3.05) is 13.2 Å². The van der Waals surface area contributed by atoms with Crippen LogP contribution in [0.3, 0.4) is 0 Å². The zero-order valence-electron chi connectivity index (χ0n) is 12.9. The molecule has 0 saturated heterocycles. The van der Waals surface area contributed by atoms with Gasteiger partial charge in [-0.05, 0) is 30.7 Å². The molecule has 1 rings (SSSR count). The third kappa shape index (κ3) is 9.35. The van der Waals surface area contributed by atoms with Gasteiger partial charge in [0, 0.05) is 11.4 Å². The Balaban J connectivity index is 1.97. The number of hydrogen-bond donors (Lipinski definition) is 1. The number of carbonyl (C=O) groups is 1. The minimum Gasteiger partial charge on any atom is -0.492 e. The fourth-order valence-corrected chi connectivity index (χ4v) is 2.17. The normalized spacial score (nSPS) is 10.4. The molecule has 0 heterocycles. The van der Waals surface area contributed by atoms with Crippen LogP contribution in [0.1, 0.15) is 51.9 Å². The van der Waals surface area contributed by atoms with E-state index in [9.17, 15) is 4.79 Å². The lowest BCUT2D eigenvalue weighted by Crippen LogP contribution is -2.27. The van der Waals surface area contributed by atoms with Crippen LogP contribution < -0.4 is 10.1 Å². The molecule has 0 fully saturated rings. The topological polar surface area (TPSA) is 38.3 Å². The summed E-state index contributed by atoms with van der Waals surface area (Å²) in [6, 6.07) is 7.21.